The van der Waals surface area contributed by atoms with Gasteiger partial charge >= 0.3 is 6.03 Å². The maximum Gasteiger partial charge on any atom is 0.326 e. The molecule has 3 aromatic carbocycles. The van der Waals surface area contributed by atoms with Gasteiger partial charge in [-0.3, -0.25) is 14.6 Å². The number of hydrogen-bond acceptors (Lipinski definition) is 5. The minimum absolute atomic E-state index is 0.0657. The number of ether oxygens (including phenoxy) is 2. The van der Waals surface area contributed by atoms with E-state index in [4.69, 9.17) is 9.47 Å². The number of rotatable bonds is 11. The molecule has 0 bridgehead atoms. The number of carbonyl (C=O) groups excluding carboxylic acids is 2. The van der Waals surface area contributed by atoms with Crippen LogP contribution < -0.4 is 20.3 Å². The first-order valence-electron chi connectivity index (χ1n) is 14.7. The fourth-order valence-corrected chi connectivity index (χ4v) is 5.69. The normalized spacial score (nSPS) is 18.6. The van der Waals surface area contributed by atoms with Crippen LogP contribution >= 0.6 is 0 Å². The van der Waals surface area contributed by atoms with Crippen molar-refractivity contribution in [1.82, 2.24) is 10.2 Å². The molecular weight excluding hydrogens is 528 g/mol. The van der Waals surface area contributed by atoms with Crippen molar-refractivity contribution in [3.63, 3.8) is 0 Å². The van der Waals surface area contributed by atoms with Crippen LogP contribution in [-0.4, -0.2) is 68.4 Å². The Morgan fingerprint density at radius 3 is 2.45 bits per heavy atom. The van der Waals surface area contributed by atoms with E-state index in [0.717, 1.165) is 74.0 Å². The molecule has 1 heterocycles. The summed E-state index contributed by atoms with van der Waals surface area (Å²) in [4.78, 5) is 30.0. The van der Waals surface area contributed by atoms with Gasteiger partial charge in [-0.2, -0.15) is 0 Å². The Labute approximate surface area is 248 Å². The average molecular weight is 569 g/mol. The van der Waals surface area contributed by atoms with Crippen molar-refractivity contribution in [1.29, 1.82) is 0 Å². The maximum absolute atomic E-state index is 13.7. The molecule has 0 spiro atoms. The molecule has 1 unspecified atom stereocenters. The Morgan fingerprint density at radius 2 is 1.71 bits per heavy atom. The third-order valence-corrected chi connectivity index (χ3v) is 7.70. The van der Waals surface area contributed by atoms with Crippen LogP contribution in [0.1, 0.15) is 25.3 Å². The lowest BCUT2D eigenvalue weighted by atomic mass is 9.90. The van der Waals surface area contributed by atoms with Crippen molar-refractivity contribution >= 4 is 23.3 Å². The lowest BCUT2D eigenvalue weighted by molar-refractivity contribution is -0.120. The first kappa shape index (κ1) is 29.4. The van der Waals surface area contributed by atoms with Crippen LogP contribution in [0, 0.1) is 0 Å². The number of anilines is 2. The topological polar surface area (TPSA) is 83.1 Å². The second-order valence-corrected chi connectivity index (χ2v) is 11.0. The quantitative estimate of drug-likeness (QED) is 0.308. The van der Waals surface area contributed by atoms with Crippen LogP contribution in [0.2, 0.25) is 0 Å². The van der Waals surface area contributed by atoms with E-state index in [2.05, 4.69) is 33.7 Å². The number of morpholine rings is 1. The molecule has 42 heavy (non-hydrogen) atoms. The van der Waals surface area contributed by atoms with Crippen LogP contribution in [0.15, 0.2) is 96.6 Å². The summed E-state index contributed by atoms with van der Waals surface area (Å²) in [6.45, 7) is 6.67. The largest absolute Gasteiger partial charge is 0.492 e. The molecule has 220 valence electrons. The van der Waals surface area contributed by atoms with Crippen molar-refractivity contribution in [3.8, 4) is 5.75 Å². The number of amides is 3. The van der Waals surface area contributed by atoms with Gasteiger partial charge in [-0.15, -0.1) is 0 Å². The third kappa shape index (κ3) is 8.21. The fourth-order valence-electron chi connectivity index (χ4n) is 5.69. The van der Waals surface area contributed by atoms with Gasteiger partial charge in [0, 0.05) is 50.5 Å². The summed E-state index contributed by atoms with van der Waals surface area (Å²) in [5.74, 6) is 0.652. The van der Waals surface area contributed by atoms with E-state index in [1.54, 1.807) is 11.8 Å². The van der Waals surface area contributed by atoms with Crippen molar-refractivity contribution in [2.75, 3.05) is 56.2 Å². The Bertz CT molecular complexity index is 1360. The number of carbonyl (C=O) groups is 2. The van der Waals surface area contributed by atoms with Crippen molar-refractivity contribution in [2.45, 2.75) is 31.7 Å². The SMILES string of the molecule is CC(=O)NC1(Cc2ccccc2)C=C(CN(C(=O)Nc2ccccc2)c2cccc(OCCN3CCOCC3)c2)CC1. The predicted octanol–water partition coefficient (Wildman–Crippen LogP) is 5.27. The molecule has 8 nitrogen and oxygen atoms in total. The monoisotopic (exact) mass is 568 g/mol. The molecule has 1 aliphatic carbocycles. The summed E-state index contributed by atoms with van der Waals surface area (Å²) in [7, 11) is 0. The summed E-state index contributed by atoms with van der Waals surface area (Å²) in [5, 5.41) is 6.25. The molecule has 3 aromatic rings. The number of benzene rings is 3. The van der Waals surface area contributed by atoms with E-state index in [0.29, 0.717) is 19.6 Å². The van der Waals surface area contributed by atoms with Crippen LogP contribution in [0.25, 0.3) is 0 Å². The van der Waals surface area contributed by atoms with E-state index < -0.39 is 5.54 Å². The Balaban J connectivity index is 1.35. The zero-order valence-electron chi connectivity index (χ0n) is 24.3. The van der Waals surface area contributed by atoms with Gasteiger partial charge in [0.2, 0.25) is 5.91 Å². The number of urea groups is 1. The molecule has 0 saturated carbocycles. The first-order valence-corrected chi connectivity index (χ1v) is 14.7. The van der Waals surface area contributed by atoms with Gasteiger partial charge < -0.3 is 20.1 Å². The van der Waals surface area contributed by atoms with Crippen LogP contribution in [0.4, 0.5) is 16.2 Å². The highest BCUT2D eigenvalue weighted by Crippen LogP contribution is 2.33. The smallest absolute Gasteiger partial charge is 0.326 e. The van der Waals surface area contributed by atoms with Gasteiger partial charge in [0.25, 0.3) is 0 Å². The molecule has 1 atom stereocenters. The van der Waals surface area contributed by atoms with Crippen LogP contribution in [0.5, 0.6) is 5.75 Å². The van der Waals surface area contributed by atoms with Crippen LogP contribution in [-0.2, 0) is 16.0 Å². The standard InChI is InChI=1S/C34H40N4O4/c1-27(39)36-34(24-28-9-4-2-5-10-28)16-15-29(25-34)26-38(33(40)35-30-11-6-3-7-12-30)31-13-8-14-32(23-31)42-22-19-37-17-20-41-21-18-37/h2-14,23,25H,15-22,24,26H2,1H3,(H,35,40)(H,36,39). The van der Waals surface area contributed by atoms with E-state index in [-0.39, 0.29) is 11.9 Å². The van der Waals surface area contributed by atoms with E-state index in [1.807, 2.05) is 72.8 Å². The molecule has 5 rings (SSSR count). The number of nitrogens with one attached hydrogen (secondary N) is 2. The second kappa shape index (κ2) is 14.2. The Kier molecular flexibility index (Phi) is 9.90. The first-order chi connectivity index (χ1) is 20.5. The molecule has 0 aromatic heterocycles. The molecule has 2 N–H and O–H groups in total. The van der Waals surface area contributed by atoms with Crippen molar-refractivity contribution in [2.24, 2.45) is 0 Å². The van der Waals surface area contributed by atoms with E-state index in [1.165, 1.54) is 0 Å². The summed E-state index contributed by atoms with van der Waals surface area (Å²) < 4.78 is 11.5. The van der Waals surface area contributed by atoms with Gasteiger partial charge in [0.05, 0.1) is 18.8 Å². The highest BCUT2D eigenvalue weighted by atomic mass is 16.5. The van der Waals surface area contributed by atoms with Gasteiger partial charge in [-0.05, 0) is 49.1 Å². The van der Waals surface area contributed by atoms with Gasteiger partial charge in [-0.1, -0.05) is 66.2 Å². The molecule has 8 heteroatoms. The van der Waals surface area contributed by atoms with E-state index in [9.17, 15) is 9.59 Å². The minimum Gasteiger partial charge on any atom is -0.492 e. The van der Waals surface area contributed by atoms with Crippen molar-refractivity contribution in [3.05, 3.63) is 102 Å². The van der Waals surface area contributed by atoms with Gasteiger partial charge in [0.1, 0.15) is 12.4 Å². The Morgan fingerprint density at radius 1 is 0.976 bits per heavy atom. The number of nitrogens with zero attached hydrogens (tertiary/aromatic N) is 2. The summed E-state index contributed by atoms with van der Waals surface area (Å²) in [6, 6.07) is 27.1. The molecule has 1 fully saturated rings. The zero-order chi connectivity index (χ0) is 29.2. The molecule has 0 radical (unpaired) electrons. The average Bonchev–Trinajstić information content (AvgIpc) is 3.38. The summed E-state index contributed by atoms with van der Waals surface area (Å²) in [6.07, 6.45) is 4.40. The number of para-hydroxylation sites is 1. The molecule has 2 aliphatic rings. The Hall–Kier alpha value is -4.14. The second-order valence-electron chi connectivity index (χ2n) is 11.0. The molecule has 1 aliphatic heterocycles. The van der Waals surface area contributed by atoms with Gasteiger partial charge in [-0.25, -0.2) is 4.79 Å². The fraction of sp³-hybridized carbons (Fsp3) is 0.353. The van der Waals surface area contributed by atoms with E-state index >= 15 is 0 Å². The zero-order valence-corrected chi connectivity index (χ0v) is 24.3. The highest BCUT2D eigenvalue weighted by Gasteiger charge is 2.35. The maximum atomic E-state index is 13.7. The molecular formula is C34H40N4O4. The van der Waals surface area contributed by atoms with Gasteiger partial charge in [0.15, 0.2) is 0 Å². The molecule has 3 amide bonds. The molecule has 1 saturated heterocycles. The minimum atomic E-state index is -0.492. The highest BCUT2D eigenvalue weighted by molar-refractivity contribution is 6.02. The van der Waals surface area contributed by atoms with Crippen LogP contribution in [0.3, 0.4) is 0 Å². The van der Waals surface area contributed by atoms with Crippen molar-refractivity contribution < 1.29 is 19.1 Å². The lowest BCUT2D eigenvalue weighted by Crippen LogP contribution is -2.46. The summed E-state index contributed by atoms with van der Waals surface area (Å²) >= 11 is 0. The third-order valence-electron chi connectivity index (χ3n) is 7.70. The predicted molar refractivity (Wildman–Crippen MR) is 166 cm³/mol. The summed E-state index contributed by atoms with van der Waals surface area (Å²) in [5.41, 5.74) is 3.23. The number of hydrogen-bond donors (Lipinski definition) is 2. The lowest BCUT2D eigenvalue weighted by Gasteiger charge is -2.28.